The Bertz CT molecular complexity index is 413. The van der Waals surface area contributed by atoms with Crippen molar-refractivity contribution < 1.29 is 4.74 Å². The van der Waals surface area contributed by atoms with E-state index in [-0.39, 0.29) is 0 Å². The Morgan fingerprint density at radius 2 is 1.90 bits per heavy atom. The molecule has 1 aliphatic carbocycles. The molecule has 1 aliphatic rings. The van der Waals surface area contributed by atoms with Gasteiger partial charge in [-0.3, -0.25) is 0 Å². The Hall–Kier alpha value is -1.29. The van der Waals surface area contributed by atoms with Crippen LogP contribution in [0.3, 0.4) is 0 Å². The fourth-order valence-corrected chi connectivity index (χ4v) is 2.72. The van der Waals surface area contributed by atoms with Gasteiger partial charge < -0.3 is 15.4 Å². The molecular formula is C16H24N2OS. The van der Waals surface area contributed by atoms with Crippen molar-refractivity contribution in [1.82, 2.24) is 10.6 Å². The minimum absolute atomic E-state index is 0.557. The van der Waals surface area contributed by atoms with Gasteiger partial charge in [0, 0.05) is 6.04 Å². The minimum Gasteiger partial charge on any atom is -0.492 e. The van der Waals surface area contributed by atoms with Gasteiger partial charge in [0.05, 0.1) is 6.54 Å². The van der Waals surface area contributed by atoms with Crippen molar-refractivity contribution in [3.8, 4) is 5.75 Å². The van der Waals surface area contributed by atoms with E-state index >= 15 is 0 Å². The first-order valence-electron chi connectivity index (χ1n) is 7.48. The number of aryl methyl sites for hydroxylation is 1. The van der Waals surface area contributed by atoms with Crippen LogP contribution in [0.5, 0.6) is 5.75 Å². The Labute approximate surface area is 127 Å². The minimum atomic E-state index is 0.557. The van der Waals surface area contributed by atoms with Crippen molar-refractivity contribution in [3.63, 3.8) is 0 Å². The first kappa shape index (κ1) is 15.1. The number of rotatable bonds is 5. The number of ether oxygens (including phenoxy) is 1. The second-order valence-corrected chi connectivity index (χ2v) is 5.80. The highest BCUT2D eigenvalue weighted by molar-refractivity contribution is 7.80. The van der Waals surface area contributed by atoms with E-state index in [0.29, 0.717) is 12.6 Å². The zero-order valence-electron chi connectivity index (χ0n) is 12.2. The summed E-state index contributed by atoms with van der Waals surface area (Å²) in [5.41, 5.74) is 1.24. The third kappa shape index (κ3) is 5.37. The largest absolute Gasteiger partial charge is 0.492 e. The van der Waals surface area contributed by atoms with Gasteiger partial charge in [-0.2, -0.15) is 0 Å². The fourth-order valence-electron chi connectivity index (χ4n) is 2.45. The molecule has 1 aromatic rings. The second-order valence-electron chi connectivity index (χ2n) is 5.40. The van der Waals surface area contributed by atoms with E-state index in [1.54, 1.807) is 0 Å². The maximum Gasteiger partial charge on any atom is 0.166 e. The van der Waals surface area contributed by atoms with E-state index in [9.17, 15) is 0 Å². The lowest BCUT2D eigenvalue weighted by atomic mass is 9.96. The predicted molar refractivity (Wildman–Crippen MR) is 87.3 cm³/mol. The van der Waals surface area contributed by atoms with E-state index in [1.165, 1.54) is 37.7 Å². The molecule has 0 radical (unpaired) electrons. The van der Waals surface area contributed by atoms with E-state index in [2.05, 4.69) is 29.7 Å². The quantitative estimate of drug-likeness (QED) is 0.645. The van der Waals surface area contributed by atoms with Gasteiger partial charge in [0.1, 0.15) is 12.4 Å². The summed E-state index contributed by atoms with van der Waals surface area (Å²) in [6.07, 6.45) is 6.47. The molecule has 0 spiro atoms. The molecule has 0 unspecified atom stereocenters. The lowest BCUT2D eigenvalue weighted by Crippen LogP contribution is -2.43. The maximum atomic E-state index is 5.65. The van der Waals surface area contributed by atoms with Crippen molar-refractivity contribution in [2.45, 2.75) is 45.1 Å². The molecule has 2 rings (SSSR count). The Morgan fingerprint density at radius 3 is 2.60 bits per heavy atom. The van der Waals surface area contributed by atoms with Crippen molar-refractivity contribution >= 4 is 17.3 Å². The summed E-state index contributed by atoms with van der Waals surface area (Å²) in [5, 5.41) is 7.35. The molecule has 0 amide bonds. The fraction of sp³-hybridized carbons (Fsp3) is 0.562. The first-order chi connectivity index (χ1) is 9.74. The van der Waals surface area contributed by atoms with Gasteiger partial charge in [0.15, 0.2) is 5.11 Å². The van der Waals surface area contributed by atoms with E-state index < -0.39 is 0 Å². The van der Waals surface area contributed by atoms with Crippen LogP contribution in [0.4, 0.5) is 0 Å². The summed E-state index contributed by atoms with van der Waals surface area (Å²) in [6.45, 7) is 3.42. The van der Waals surface area contributed by atoms with Crippen LogP contribution in [0.2, 0.25) is 0 Å². The molecule has 1 saturated carbocycles. The number of hydrogen-bond donors (Lipinski definition) is 2. The zero-order chi connectivity index (χ0) is 14.2. The molecule has 3 nitrogen and oxygen atoms in total. The Balaban J connectivity index is 1.58. The molecule has 1 fully saturated rings. The topological polar surface area (TPSA) is 33.3 Å². The monoisotopic (exact) mass is 292 g/mol. The summed E-state index contributed by atoms with van der Waals surface area (Å²) < 4.78 is 5.65. The van der Waals surface area contributed by atoms with Crippen LogP contribution >= 0.6 is 12.2 Å². The highest BCUT2D eigenvalue weighted by atomic mass is 32.1. The molecule has 0 aromatic heterocycles. The molecule has 2 N–H and O–H groups in total. The first-order valence-corrected chi connectivity index (χ1v) is 7.89. The molecule has 0 heterocycles. The molecule has 0 atom stereocenters. The highest BCUT2D eigenvalue weighted by Gasteiger charge is 2.13. The van der Waals surface area contributed by atoms with Gasteiger partial charge in [0.2, 0.25) is 0 Å². The standard InChI is InChI=1S/C16H24N2OS/c1-13-7-9-15(10-8-13)19-12-11-17-16(20)18-14-5-3-2-4-6-14/h7-10,14H,2-6,11-12H2,1H3,(H2,17,18,20). The van der Waals surface area contributed by atoms with E-state index in [4.69, 9.17) is 17.0 Å². The van der Waals surface area contributed by atoms with Gasteiger partial charge in [-0.05, 0) is 44.1 Å². The van der Waals surface area contributed by atoms with Gasteiger partial charge in [-0.25, -0.2) is 0 Å². The molecule has 1 aromatic carbocycles. The van der Waals surface area contributed by atoms with Crippen molar-refractivity contribution in [1.29, 1.82) is 0 Å². The average molecular weight is 292 g/mol. The lowest BCUT2D eigenvalue weighted by molar-refractivity contribution is 0.321. The zero-order valence-corrected chi connectivity index (χ0v) is 13.0. The number of thiocarbonyl (C=S) groups is 1. The summed E-state index contributed by atoms with van der Waals surface area (Å²) >= 11 is 5.30. The van der Waals surface area contributed by atoms with Crippen LogP contribution in [0.25, 0.3) is 0 Å². The second kappa shape index (κ2) is 8.10. The van der Waals surface area contributed by atoms with Gasteiger partial charge >= 0.3 is 0 Å². The number of nitrogens with one attached hydrogen (secondary N) is 2. The molecule has 0 saturated heterocycles. The van der Waals surface area contributed by atoms with Crippen LogP contribution in [-0.2, 0) is 0 Å². The van der Waals surface area contributed by atoms with E-state index in [1.807, 2.05) is 12.1 Å². The molecule has 0 aliphatic heterocycles. The van der Waals surface area contributed by atoms with Gasteiger partial charge in [-0.15, -0.1) is 0 Å². The van der Waals surface area contributed by atoms with Crippen molar-refractivity contribution in [3.05, 3.63) is 29.8 Å². The van der Waals surface area contributed by atoms with Crippen LogP contribution in [0.15, 0.2) is 24.3 Å². The molecule has 0 bridgehead atoms. The molecule has 20 heavy (non-hydrogen) atoms. The third-order valence-corrected chi connectivity index (χ3v) is 3.88. The molecular weight excluding hydrogens is 268 g/mol. The van der Waals surface area contributed by atoms with Crippen molar-refractivity contribution in [2.24, 2.45) is 0 Å². The van der Waals surface area contributed by atoms with Crippen LogP contribution < -0.4 is 15.4 Å². The summed E-state index contributed by atoms with van der Waals surface area (Å²) in [5.74, 6) is 0.906. The van der Waals surface area contributed by atoms with Crippen LogP contribution in [0.1, 0.15) is 37.7 Å². The summed E-state index contributed by atoms with van der Waals surface area (Å²) in [6, 6.07) is 8.65. The third-order valence-electron chi connectivity index (χ3n) is 3.62. The smallest absolute Gasteiger partial charge is 0.166 e. The maximum absolute atomic E-state index is 5.65. The summed E-state index contributed by atoms with van der Waals surface area (Å²) in [7, 11) is 0. The Morgan fingerprint density at radius 1 is 1.20 bits per heavy atom. The van der Waals surface area contributed by atoms with Gasteiger partial charge in [-0.1, -0.05) is 37.0 Å². The average Bonchev–Trinajstić information content (AvgIpc) is 2.46. The predicted octanol–water partition coefficient (Wildman–Crippen LogP) is 3.17. The number of benzene rings is 1. The number of hydrogen-bond acceptors (Lipinski definition) is 2. The summed E-state index contributed by atoms with van der Waals surface area (Å²) in [4.78, 5) is 0. The highest BCUT2D eigenvalue weighted by Crippen LogP contribution is 2.17. The van der Waals surface area contributed by atoms with Crippen LogP contribution in [-0.4, -0.2) is 24.3 Å². The SMILES string of the molecule is Cc1ccc(OCCNC(=S)NC2CCCCC2)cc1. The van der Waals surface area contributed by atoms with Crippen LogP contribution in [0, 0.1) is 6.92 Å². The van der Waals surface area contributed by atoms with Crippen molar-refractivity contribution in [2.75, 3.05) is 13.2 Å². The normalized spacial score (nSPS) is 15.7. The lowest BCUT2D eigenvalue weighted by Gasteiger charge is -2.24. The molecule has 110 valence electrons. The molecule has 4 heteroatoms. The van der Waals surface area contributed by atoms with Gasteiger partial charge in [0.25, 0.3) is 0 Å². The Kier molecular flexibility index (Phi) is 6.12. The van der Waals surface area contributed by atoms with E-state index in [0.717, 1.165) is 17.4 Å².